The Hall–Kier alpha value is -1.35. The van der Waals surface area contributed by atoms with Gasteiger partial charge in [-0.1, -0.05) is 73.5 Å². The highest BCUT2D eigenvalue weighted by Crippen LogP contribution is 2.35. The van der Waals surface area contributed by atoms with E-state index in [0.29, 0.717) is 17.8 Å². The largest absolute Gasteiger partial charge is 0.459 e. The van der Waals surface area contributed by atoms with Crippen molar-refractivity contribution in [3.05, 3.63) is 52.5 Å². The lowest BCUT2D eigenvalue weighted by molar-refractivity contribution is -0.149. The normalized spacial score (nSPS) is 25.2. The highest BCUT2D eigenvalue weighted by Gasteiger charge is 2.32. The van der Waals surface area contributed by atoms with Crippen molar-refractivity contribution in [1.82, 2.24) is 0 Å². The summed E-state index contributed by atoms with van der Waals surface area (Å²) in [6.07, 6.45) is 8.65. The topological polar surface area (TPSA) is 26.3 Å². The molecule has 24 heavy (non-hydrogen) atoms. The third kappa shape index (κ3) is 5.94. The van der Waals surface area contributed by atoms with Gasteiger partial charge in [-0.25, -0.2) is 4.79 Å². The average molecular weight is 391 g/mol. The van der Waals surface area contributed by atoms with Crippen LogP contribution in [0.1, 0.15) is 45.6 Å². The van der Waals surface area contributed by atoms with Gasteiger partial charge >= 0.3 is 5.97 Å². The van der Waals surface area contributed by atoms with E-state index in [9.17, 15) is 4.79 Å². The van der Waals surface area contributed by atoms with Crippen LogP contribution in [0.2, 0.25) is 0 Å². The van der Waals surface area contributed by atoms with Crippen LogP contribution in [0.25, 0.3) is 6.08 Å². The first-order valence-electron chi connectivity index (χ1n) is 8.76. The molecule has 1 fully saturated rings. The maximum atomic E-state index is 12.2. The summed E-state index contributed by atoms with van der Waals surface area (Å²) in [6.45, 7) is 6.68. The van der Waals surface area contributed by atoms with Crippen LogP contribution >= 0.6 is 15.9 Å². The predicted octanol–water partition coefficient (Wildman–Crippen LogP) is 5.98. The first-order chi connectivity index (χ1) is 11.5. The molecule has 0 bridgehead atoms. The van der Waals surface area contributed by atoms with Crippen molar-refractivity contribution in [3.63, 3.8) is 0 Å². The minimum atomic E-state index is -0.252. The number of hydrogen-bond acceptors (Lipinski definition) is 2. The summed E-state index contributed by atoms with van der Waals surface area (Å²) in [5.74, 6) is 1.40. The van der Waals surface area contributed by atoms with E-state index in [2.05, 4.69) is 36.7 Å². The molecule has 0 heterocycles. The maximum Gasteiger partial charge on any atom is 0.331 e. The standard InChI is InChI=1S/C21H27BrO2/c1-15(2)19-11-9-16(3)13-20(19)24-21(23)12-10-18(22)14-17-7-5-4-6-8-17/h4-8,10,12,14-16,19-20H,9,11,13H2,1-3H3/b12-10+,18-14-. The number of allylic oxidation sites excluding steroid dienone is 2. The van der Waals surface area contributed by atoms with Crippen molar-refractivity contribution in [2.45, 2.75) is 46.1 Å². The SMILES string of the molecule is CC1CCC(C(C)C)C(OC(=O)/C=C/C(Br)=C/c2ccccc2)C1. The molecule has 0 amide bonds. The first-order valence-corrected chi connectivity index (χ1v) is 9.56. The van der Waals surface area contributed by atoms with Gasteiger partial charge in [0.25, 0.3) is 0 Å². The molecule has 0 radical (unpaired) electrons. The summed E-state index contributed by atoms with van der Waals surface area (Å²) in [6, 6.07) is 9.99. The van der Waals surface area contributed by atoms with E-state index in [1.54, 1.807) is 6.08 Å². The fraction of sp³-hybridized carbons (Fsp3) is 0.476. The van der Waals surface area contributed by atoms with Crippen LogP contribution in [-0.4, -0.2) is 12.1 Å². The van der Waals surface area contributed by atoms with Crippen molar-refractivity contribution in [2.24, 2.45) is 17.8 Å². The molecule has 1 aliphatic carbocycles. The summed E-state index contributed by atoms with van der Waals surface area (Å²) >= 11 is 3.48. The second-order valence-corrected chi connectivity index (χ2v) is 7.99. The van der Waals surface area contributed by atoms with Crippen LogP contribution in [0.5, 0.6) is 0 Å². The summed E-state index contributed by atoms with van der Waals surface area (Å²) in [5, 5.41) is 0. The number of esters is 1. The van der Waals surface area contributed by atoms with Crippen molar-refractivity contribution >= 4 is 28.0 Å². The van der Waals surface area contributed by atoms with Crippen LogP contribution in [0.4, 0.5) is 0 Å². The zero-order valence-electron chi connectivity index (χ0n) is 14.7. The second-order valence-electron chi connectivity index (χ2n) is 7.07. The molecule has 130 valence electrons. The van der Waals surface area contributed by atoms with Gasteiger partial charge < -0.3 is 4.74 Å². The van der Waals surface area contributed by atoms with Crippen molar-refractivity contribution in [2.75, 3.05) is 0 Å². The number of hydrogen-bond donors (Lipinski definition) is 0. The molecule has 1 aliphatic rings. The smallest absolute Gasteiger partial charge is 0.331 e. The molecule has 0 N–H and O–H groups in total. The molecule has 3 atom stereocenters. The Bertz CT molecular complexity index is 589. The fourth-order valence-corrected chi connectivity index (χ4v) is 3.74. The monoisotopic (exact) mass is 390 g/mol. The molecule has 1 saturated carbocycles. The van der Waals surface area contributed by atoms with Gasteiger partial charge in [-0.3, -0.25) is 0 Å². The number of ether oxygens (including phenoxy) is 1. The lowest BCUT2D eigenvalue weighted by Gasteiger charge is -2.36. The van der Waals surface area contributed by atoms with Crippen molar-refractivity contribution in [3.8, 4) is 0 Å². The summed E-state index contributed by atoms with van der Waals surface area (Å²) in [5.41, 5.74) is 1.09. The lowest BCUT2D eigenvalue weighted by Crippen LogP contribution is -2.35. The average Bonchev–Trinajstić information content (AvgIpc) is 2.53. The molecular formula is C21H27BrO2. The van der Waals surface area contributed by atoms with Gasteiger partial charge in [0.2, 0.25) is 0 Å². The Morgan fingerprint density at radius 2 is 1.92 bits per heavy atom. The predicted molar refractivity (Wildman–Crippen MR) is 104 cm³/mol. The quantitative estimate of drug-likeness (QED) is 0.351. The van der Waals surface area contributed by atoms with E-state index in [-0.39, 0.29) is 12.1 Å². The Morgan fingerprint density at radius 1 is 1.21 bits per heavy atom. The molecule has 2 rings (SSSR count). The van der Waals surface area contributed by atoms with Crippen LogP contribution in [0.15, 0.2) is 47.0 Å². The van der Waals surface area contributed by atoms with Gasteiger partial charge in [-0.15, -0.1) is 0 Å². The third-order valence-corrected chi connectivity index (χ3v) is 5.20. The van der Waals surface area contributed by atoms with E-state index in [1.807, 2.05) is 36.4 Å². The zero-order chi connectivity index (χ0) is 17.5. The van der Waals surface area contributed by atoms with E-state index in [1.165, 1.54) is 12.5 Å². The summed E-state index contributed by atoms with van der Waals surface area (Å²) in [4.78, 5) is 12.2. The summed E-state index contributed by atoms with van der Waals surface area (Å²) in [7, 11) is 0. The molecule has 1 aromatic carbocycles. The van der Waals surface area contributed by atoms with Crippen LogP contribution in [0.3, 0.4) is 0 Å². The van der Waals surface area contributed by atoms with Crippen molar-refractivity contribution in [1.29, 1.82) is 0 Å². The Labute approximate surface area is 154 Å². The molecule has 2 nitrogen and oxygen atoms in total. The molecule has 0 aliphatic heterocycles. The van der Waals surface area contributed by atoms with Crippen LogP contribution in [0, 0.1) is 17.8 Å². The Kier molecular flexibility index (Phi) is 7.29. The van der Waals surface area contributed by atoms with Gasteiger partial charge in [0.15, 0.2) is 0 Å². The van der Waals surface area contributed by atoms with Gasteiger partial charge in [0.1, 0.15) is 6.10 Å². The molecule has 0 saturated heterocycles. The Morgan fingerprint density at radius 3 is 2.58 bits per heavy atom. The zero-order valence-corrected chi connectivity index (χ0v) is 16.3. The number of halogens is 1. The molecular weight excluding hydrogens is 364 g/mol. The van der Waals surface area contributed by atoms with E-state index in [4.69, 9.17) is 4.74 Å². The van der Waals surface area contributed by atoms with E-state index in [0.717, 1.165) is 22.9 Å². The van der Waals surface area contributed by atoms with Gasteiger partial charge in [0.05, 0.1) is 0 Å². The van der Waals surface area contributed by atoms with Gasteiger partial charge in [0, 0.05) is 10.6 Å². The van der Waals surface area contributed by atoms with E-state index < -0.39 is 0 Å². The highest BCUT2D eigenvalue weighted by atomic mass is 79.9. The fourth-order valence-electron chi connectivity index (χ4n) is 3.34. The number of benzene rings is 1. The Balaban J connectivity index is 1.94. The number of carbonyl (C=O) groups excluding carboxylic acids is 1. The van der Waals surface area contributed by atoms with E-state index >= 15 is 0 Å². The second kappa shape index (κ2) is 9.22. The minimum Gasteiger partial charge on any atom is -0.459 e. The molecule has 3 unspecified atom stereocenters. The van der Waals surface area contributed by atoms with Crippen molar-refractivity contribution < 1.29 is 9.53 Å². The number of rotatable bonds is 5. The molecule has 1 aromatic rings. The molecule has 0 spiro atoms. The van der Waals surface area contributed by atoms with Gasteiger partial charge in [-0.05, 0) is 48.3 Å². The maximum absolute atomic E-state index is 12.2. The molecule has 0 aromatic heterocycles. The minimum absolute atomic E-state index is 0.0442. The molecule has 3 heteroatoms. The van der Waals surface area contributed by atoms with Crippen LogP contribution < -0.4 is 0 Å². The highest BCUT2D eigenvalue weighted by molar-refractivity contribution is 9.12. The van der Waals surface area contributed by atoms with Gasteiger partial charge in [-0.2, -0.15) is 0 Å². The first kappa shape index (κ1) is 19.0. The summed E-state index contributed by atoms with van der Waals surface area (Å²) < 4.78 is 6.61. The lowest BCUT2D eigenvalue weighted by atomic mass is 9.75. The van der Waals surface area contributed by atoms with Crippen LogP contribution in [-0.2, 0) is 9.53 Å². The third-order valence-electron chi connectivity index (χ3n) is 4.71. The number of carbonyl (C=O) groups is 1.